The summed E-state index contributed by atoms with van der Waals surface area (Å²) < 4.78 is 5.96. The zero-order valence-corrected chi connectivity index (χ0v) is 11.0. The number of hydrogen-bond acceptors (Lipinski definition) is 3. The van der Waals surface area contributed by atoms with Crippen molar-refractivity contribution in [3.63, 3.8) is 0 Å². The zero-order chi connectivity index (χ0) is 12.7. The van der Waals surface area contributed by atoms with E-state index in [1.54, 1.807) is 19.2 Å². The van der Waals surface area contributed by atoms with E-state index in [9.17, 15) is 4.79 Å². The number of ether oxygens (including phenoxy) is 1. The molecule has 0 heterocycles. The number of terminal acetylenes is 1. The Kier molecular flexibility index (Phi) is 5.53. The van der Waals surface area contributed by atoms with Gasteiger partial charge in [0.05, 0.1) is 24.7 Å². The van der Waals surface area contributed by atoms with E-state index >= 15 is 0 Å². The molecule has 0 aliphatic rings. The molecule has 1 amide bonds. The third-order valence-electron chi connectivity index (χ3n) is 1.95. The van der Waals surface area contributed by atoms with Crippen molar-refractivity contribution in [3.8, 4) is 18.1 Å². The van der Waals surface area contributed by atoms with Crippen LogP contribution in [-0.2, 0) is 4.79 Å². The van der Waals surface area contributed by atoms with Crippen molar-refractivity contribution >= 4 is 27.5 Å². The molecule has 1 aromatic carbocycles. The summed E-state index contributed by atoms with van der Waals surface area (Å²) in [5, 5.41) is 5.54. The molecule has 1 rings (SSSR count). The standard InChI is InChI=1S/C12H13BrN2O2/c1-3-6-14-8-12(16)15-9-4-5-10(13)11(7-9)17-2/h1,4-5,7,14H,6,8H2,2H3,(H,15,16). The lowest BCUT2D eigenvalue weighted by molar-refractivity contribution is -0.115. The minimum Gasteiger partial charge on any atom is -0.495 e. The molecule has 0 fully saturated rings. The summed E-state index contributed by atoms with van der Waals surface area (Å²) in [6.45, 7) is 0.555. The first kappa shape index (κ1) is 13.6. The number of methoxy groups -OCH3 is 1. The van der Waals surface area contributed by atoms with Gasteiger partial charge < -0.3 is 10.1 Å². The van der Waals surface area contributed by atoms with Gasteiger partial charge in [0.1, 0.15) is 5.75 Å². The summed E-state index contributed by atoms with van der Waals surface area (Å²) >= 11 is 3.34. The molecular formula is C12H13BrN2O2. The van der Waals surface area contributed by atoms with Gasteiger partial charge in [-0.2, -0.15) is 0 Å². The van der Waals surface area contributed by atoms with Crippen molar-refractivity contribution < 1.29 is 9.53 Å². The Morgan fingerprint density at radius 3 is 3.00 bits per heavy atom. The van der Waals surface area contributed by atoms with Crippen LogP contribution in [0.4, 0.5) is 5.69 Å². The average molecular weight is 297 g/mol. The summed E-state index contributed by atoms with van der Waals surface area (Å²) in [5.74, 6) is 2.91. The molecule has 0 aliphatic heterocycles. The number of nitrogens with one attached hydrogen (secondary N) is 2. The van der Waals surface area contributed by atoms with Gasteiger partial charge in [0.25, 0.3) is 0 Å². The molecule has 0 unspecified atom stereocenters. The lowest BCUT2D eigenvalue weighted by Gasteiger charge is -2.08. The highest BCUT2D eigenvalue weighted by atomic mass is 79.9. The predicted molar refractivity (Wildman–Crippen MR) is 71.0 cm³/mol. The molecule has 0 radical (unpaired) electrons. The normalized spacial score (nSPS) is 9.47. The zero-order valence-electron chi connectivity index (χ0n) is 9.42. The monoisotopic (exact) mass is 296 g/mol. The summed E-state index contributed by atoms with van der Waals surface area (Å²) in [6.07, 6.45) is 5.06. The van der Waals surface area contributed by atoms with E-state index in [-0.39, 0.29) is 12.5 Å². The molecule has 0 saturated heterocycles. The van der Waals surface area contributed by atoms with E-state index in [1.807, 2.05) is 6.07 Å². The summed E-state index contributed by atoms with van der Waals surface area (Å²) in [4.78, 5) is 11.5. The third kappa shape index (κ3) is 4.47. The van der Waals surface area contributed by atoms with Crippen LogP contribution in [0.2, 0.25) is 0 Å². The van der Waals surface area contributed by atoms with Crippen LogP contribution in [0, 0.1) is 12.3 Å². The molecule has 0 aromatic heterocycles. The van der Waals surface area contributed by atoms with E-state index in [2.05, 4.69) is 32.5 Å². The molecule has 0 spiro atoms. The van der Waals surface area contributed by atoms with Crippen molar-refractivity contribution in [3.05, 3.63) is 22.7 Å². The Morgan fingerprint density at radius 1 is 1.59 bits per heavy atom. The molecule has 0 atom stereocenters. The van der Waals surface area contributed by atoms with Crippen molar-refractivity contribution in [2.75, 3.05) is 25.5 Å². The highest BCUT2D eigenvalue weighted by Gasteiger charge is 2.04. The van der Waals surface area contributed by atoms with Gasteiger partial charge >= 0.3 is 0 Å². The van der Waals surface area contributed by atoms with Crippen molar-refractivity contribution in [1.29, 1.82) is 0 Å². The first-order valence-electron chi connectivity index (χ1n) is 4.95. The molecule has 1 aromatic rings. The lowest BCUT2D eigenvalue weighted by atomic mass is 10.3. The maximum Gasteiger partial charge on any atom is 0.238 e. The number of anilines is 1. The van der Waals surface area contributed by atoms with E-state index < -0.39 is 0 Å². The number of carbonyl (C=O) groups excluding carboxylic acids is 1. The van der Waals surface area contributed by atoms with Gasteiger partial charge in [-0.3, -0.25) is 10.1 Å². The largest absolute Gasteiger partial charge is 0.495 e. The second-order valence-corrected chi connectivity index (χ2v) is 4.06. The molecule has 0 saturated carbocycles. The fraction of sp³-hybridized carbons (Fsp3) is 0.250. The Bertz CT molecular complexity index is 441. The van der Waals surface area contributed by atoms with Crippen LogP contribution in [0.15, 0.2) is 22.7 Å². The Hall–Kier alpha value is -1.51. The number of carbonyl (C=O) groups is 1. The quantitative estimate of drug-likeness (QED) is 0.641. The third-order valence-corrected chi connectivity index (χ3v) is 2.60. The van der Waals surface area contributed by atoms with Crippen LogP contribution in [0.3, 0.4) is 0 Å². The van der Waals surface area contributed by atoms with E-state index in [0.29, 0.717) is 18.0 Å². The molecule has 0 bridgehead atoms. The van der Waals surface area contributed by atoms with Crippen LogP contribution < -0.4 is 15.4 Å². The highest BCUT2D eigenvalue weighted by molar-refractivity contribution is 9.10. The van der Waals surface area contributed by atoms with Crippen LogP contribution in [0.5, 0.6) is 5.75 Å². The van der Waals surface area contributed by atoms with Gasteiger partial charge in [-0.15, -0.1) is 6.42 Å². The topological polar surface area (TPSA) is 50.4 Å². The van der Waals surface area contributed by atoms with Gasteiger partial charge in [0.15, 0.2) is 0 Å². The molecule has 5 heteroatoms. The van der Waals surface area contributed by atoms with Crippen molar-refractivity contribution in [1.82, 2.24) is 5.32 Å². The predicted octanol–water partition coefficient (Wildman–Crippen LogP) is 1.62. The summed E-state index contributed by atoms with van der Waals surface area (Å²) in [7, 11) is 1.57. The highest BCUT2D eigenvalue weighted by Crippen LogP contribution is 2.27. The van der Waals surface area contributed by atoms with Crippen molar-refractivity contribution in [2.45, 2.75) is 0 Å². The molecule has 4 nitrogen and oxygen atoms in total. The minimum absolute atomic E-state index is 0.148. The number of rotatable bonds is 5. The first-order chi connectivity index (χ1) is 8.17. The number of hydrogen-bond donors (Lipinski definition) is 2. The van der Waals surface area contributed by atoms with Gasteiger partial charge in [-0.25, -0.2) is 0 Å². The maximum absolute atomic E-state index is 11.5. The first-order valence-corrected chi connectivity index (χ1v) is 5.74. The SMILES string of the molecule is C#CCNCC(=O)Nc1ccc(Br)c(OC)c1. The fourth-order valence-electron chi connectivity index (χ4n) is 1.19. The van der Waals surface area contributed by atoms with Gasteiger partial charge in [-0.05, 0) is 28.1 Å². The van der Waals surface area contributed by atoms with Crippen molar-refractivity contribution in [2.24, 2.45) is 0 Å². The number of halogens is 1. The van der Waals surface area contributed by atoms with Crippen LogP contribution in [0.1, 0.15) is 0 Å². The smallest absolute Gasteiger partial charge is 0.238 e. The van der Waals surface area contributed by atoms with Crippen LogP contribution in [-0.4, -0.2) is 26.1 Å². The fourth-order valence-corrected chi connectivity index (χ4v) is 1.60. The Balaban J connectivity index is 2.57. The van der Waals surface area contributed by atoms with E-state index in [1.165, 1.54) is 0 Å². The molecular weight excluding hydrogens is 284 g/mol. The van der Waals surface area contributed by atoms with Gasteiger partial charge in [0, 0.05) is 11.8 Å². The summed E-state index contributed by atoms with van der Waals surface area (Å²) in [6, 6.07) is 5.33. The molecule has 90 valence electrons. The van der Waals surface area contributed by atoms with Crippen LogP contribution >= 0.6 is 15.9 Å². The molecule has 2 N–H and O–H groups in total. The number of amides is 1. The lowest BCUT2D eigenvalue weighted by Crippen LogP contribution is -2.28. The minimum atomic E-state index is -0.148. The maximum atomic E-state index is 11.5. The van der Waals surface area contributed by atoms with Gasteiger partial charge in [-0.1, -0.05) is 5.92 Å². The number of benzene rings is 1. The van der Waals surface area contributed by atoms with Crippen LogP contribution in [0.25, 0.3) is 0 Å². The second kappa shape index (κ2) is 6.94. The molecule has 17 heavy (non-hydrogen) atoms. The average Bonchev–Trinajstić information content (AvgIpc) is 2.32. The van der Waals surface area contributed by atoms with E-state index in [4.69, 9.17) is 11.2 Å². The van der Waals surface area contributed by atoms with Gasteiger partial charge in [0.2, 0.25) is 5.91 Å². The Morgan fingerprint density at radius 2 is 2.35 bits per heavy atom. The second-order valence-electron chi connectivity index (χ2n) is 3.21. The molecule has 0 aliphatic carbocycles. The summed E-state index contributed by atoms with van der Waals surface area (Å²) in [5.41, 5.74) is 0.678. The Labute approximate surface area is 109 Å². The van der Waals surface area contributed by atoms with E-state index in [0.717, 1.165) is 4.47 Å².